The Morgan fingerprint density at radius 3 is 2.70 bits per heavy atom. The third-order valence-corrected chi connectivity index (χ3v) is 4.97. The SMILES string of the molecule is CC(C)COc1ccccc1/C=C/C1CCN(Cc2ccc[nH]c2=O)CC1. The minimum Gasteiger partial charge on any atom is -0.493 e. The molecular weight excluding hydrogens is 336 g/mol. The van der Waals surface area contributed by atoms with Crippen LogP contribution in [0.15, 0.2) is 53.5 Å². The number of hydrogen-bond acceptors (Lipinski definition) is 3. The van der Waals surface area contributed by atoms with Crippen LogP contribution in [0.4, 0.5) is 0 Å². The monoisotopic (exact) mass is 366 g/mol. The van der Waals surface area contributed by atoms with Crippen molar-refractivity contribution in [2.75, 3.05) is 19.7 Å². The largest absolute Gasteiger partial charge is 0.493 e. The summed E-state index contributed by atoms with van der Waals surface area (Å²) in [5, 5.41) is 0. The van der Waals surface area contributed by atoms with Gasteiger partial charge in [-0.1, -0.05) is 50.3 Å². The highest BCUT2D eigenvalue weighted by atomic mass is 16.5. The Bertz CT molecular complexity index is 802. The van der Waals surface area contributed by atoms with Crippen LogP contribution < -0.4 is 10.3 Å². The average Bonchev–Trinajstić information content (AvgIpc) is 2.68. The predicted molar refractivity (Wildman–Crippen MR) is 111 cm³/mol. The van der Waals surface area contributed by atoms with E-state index in [9.17, 15) is 4.79 Å². The van der Waals surface area contributed by atoms with Crippen LogP contribution >= 0.6 is 0 Å². The second kappa shape index (κ2) is 9.56. The minimum absolute atomic E-state index is 0.0255. The molecule has 2 heterocycles. The number of nitrogens with zero attached hydrogens (tertiary/aromatic N) is 1. The molecule has 0 bridgehead atoms. The molecule has 2 aromatic rings. The van der Waals surface area contributed by atoms with E-state index in [-0.39, 0.29) is 5.56 Å². The number of aromatic nitrogens is 1. The second-order valence-corrected chi connectivity index (χ2v) is 7.74. The number of allylic oxidation sites excluding steroid dienone is 1. The summed E-state index contributed by atoms with van der Waals surface area (Å²) in [6, 6.07) is 12.0. The van der Waals surface area contributed by atoms with Crippen LogP contribution in [0.3, 0.4) is 0 Å². The van der Waals surface area contributed by atoms with Crippen molar-refractivity contribution in [2.45, 2.75) is 33.2 Å². The summed E-state index contributed by atoms with van der Waals surface area (Å²) < 4.78 is 5.94. The van der Waals surface area contributed by atoms with Gasteiger partial charge in [0.1, 0.15) is 5.75 Å². The topological polar surface area (TPSA) is 45.3 Å². The zero-order valence-corrected chi connectivity index (χ0v) is 16.4. The van der Waals surface area contributed by atoms with Gasteiger partial charge in [-0.3, -0.25) is 9.69 Å². The smallest absolute Gasteiger partial charge is 0.252 e. The Labute approximate surface area is 161 Å². The molecule has 0 unspecified atom stereocenters. The average molecular weight is 367 g/mol. The van der Waals surface area contributed by atoms with Crippen molar-refractivity contribution in [3.8, 4) is 5.75 Å². The first-order chi connectivity index (χ1) is 13.1. The molecule has 1 aliphatic heterocycles. The van der Waals surface area contributed by atoms with Gasteiger partial charge in [0.2, 0.25) is 0 Å². The number of piperidine rings is 1. The van der Waals surface area contributed by atoms with Crippen LogP contribution in [0.25, 0.3) is 6.08 Å². The molecule has 1 aromatic carbocycles. The van der Waals surface area contributed by atoms with Crippen LogP contribution in [0.2, 0.25) is 0 Å². The summed E-state index contributed by atoms with van der Waals surface area (Å²) in [5.41, 5.74) is 2.02. The lowest BCUT2D eigenvalue weighted by atomic mass is 9.95. The van der Waals surface area contributed by atoms with E-state index in [1.54, 1.807) is 6.20 Å². The molecule has 1 fully saturated rings. The fraction of sp³-hybridized carbons (Fsp3) is 0.435. The van der Waals surface area contributed by atoms with Gasteiger partial charge in [0.05, 0.1) is 6.61 Å². The fourth-order valence-corrected chi connectivity index (χ4v) is 3.37. The molecule has 3 rings (SSSR count). The van der Waals surface area contributed by atoms with Gasteiger partial charge in [-0.05, 0) is 49.9 Å². The number of aromatic amines is 1. The fourth-order valence-electron chi connectivity index (χ4n) is 3.37. The van der Waals surface area contributed by atoms with Gasteiger partial charge in [-0.25, -0.2) is 0 Å². The van der Waals surface area contributed by atoms with E-state index in [1.807, 2.05) is 24.3 Å². The number of benzene rings is 1. The standard InChI is InChI=1S/C23H30N2O2/c1-18(2)17-27-22-8-4-3-6-20(22)10-9-19-11-14-25(15-12-19)16-21-7-5-13-24-23(21)26/h3-10,13,18-19H,11-12,14-17H2,1-2H3,(H,24,26)/b10-9+. The molecule has 0 atom stereocenters. The molecule has 144 valence electrons. The quantitative estimate of drug-likeness (QED) is 0.793. The Kier molecular flexibility index (Phi) is 6.88. The van der Waals surface area contributed by atoms with Crippen molar-refractivity contribution in [3.05, 3.63) is 70.2 Å². The highest BCUT2D eigenvalue weighted by Crippen LogP contribution is 2.24. The summed E-state index contributed by atoms with van der Waals surface area (Å²) in [6.07, 6.45) is 8.46. The van der Waals surface area contributed by atoms with Crippen LogP contribution in [0, 0.1) is 11.8 Å². The lowest BCUT2D eigenvalue weighted by molar-refractivity contribution is 0.195. The van der Waals surface area contributed by atoms with Gasteiger partial charge in [0, 0.05) is 23.9 Å². The van der Waals surface area contributed by atoms with Gasteiger partial charge in [0.25, 0.3) is 5.56 Å². The number of H-pyrrole nitrogens is 1. The van der Waals surface area contributed by atoms with E-state index in [0.29, 0.717) is 11.8 Å². The summed E-state index contributed by atoms with van der Waals surface area (Å²) >= 11 is 0. The van der Waals surface area contributed by atoms with E-state index >= 15 is 0 Å². The van der Waals surface area contributed by atoms with Crippen molar-refractivity contribution in [2.24, 2.45) is 11.8 Å². The molecule has 4 heteroatoms. The Morgan fingerprint density at radius 2 is 1.96 bits per heavy atom. The third-order valence-electron chi connectivity index (χ3n) is 4.97. The zero-order chi connectivity index (χ0) is 19.1. The van der Waals surface area contributed by atoms with Gasteiger partial charge < -0.3 is 9.72 Å². The molecular formula is C23H30N2O2. The Balaban J connectivity index is 1.53. The molecule has 0 radical (unpaired) electrons. The molecule has 1 aliphatic rings. The number of likely N-dealkylation sites (tertiary alicyclic amines) is 1. The number of pyridine rings is 1. The van der Waals surface area contributed by atoms with E-state index in [1.165, 1.54) is 0 Å². The van der Waals surface area contributed by atoms with Crippen molar-refractivity contribution >= 4 is 6.08 Å². The lowest BCUT2D eigenvalue weighted by Gasteiger charge is -2.30. The molecule has 0 amide bonds. The van der Waals surface area contributed by atoms with Crippen LogP contribution in [-0.2, 0) is 6.54 Å². The molecule has 0 saturated carbocycles. The molecule has 0 aliphatic carbocycles. The van der Waals surface area contributed by atoms with Crippen LogP contribution in [0.1, 0.15) is 37.8 Å². The van der Waals surface area contributed by atoms with Gasteiger partial charge in [0.15, 0.2) is 0 Å². The molecule has 4 nitrogen and oxygen atoms in total. The molecule has 1 saturated heterocycles. The Morgan fingerprint density at radius 1 is 1.19 bits per heavy atom. The van der Waals surface area contributed by atoms with Gasteiger partial charge >= 0.3 is 0 Å². The lowest BCUT2D eigenvalue weighted by Crippen LogP contribution is -2.34. The molecule has 1 aromatic heterocycles. The van der Waals surface area contributed by atoms with E-state index < -0.39 is 0 Å². The van der Waals surface area contributed by atoms with Crippen LogP contribution in [-0.4, -0.2) is 29.6 Å². The Hall–Kier alpha value is -2.33. The predicted octanol–water partition coefficient (Wildman–Crippen LogP) is 4.34. The summed E-state index contributed by atoms with van der Waals surface area (Å²) in [4.78, 5) is 17.0. The summed E-state index contributed by atoms with van der Waals surface area (Å²) in [5.74, 6) is 2.06. The number of para-hydroxylation sites is 1. The maximum absolute atomic E-state index is 11.8. The third kappa shape index (κ3) is 5.83. The maximum atomic E-state index is 11.8. The molecule has 0 spiro atoms. The number of nitrogens with one attached hydrogen (secondary N) is 1. The first kappa shape index (κ1) is 19.4. The zero-order valence-electron chi connectivity index (χ0n) is 16.4. The first-order valence-electron chi connectivity index (χ1n) is 9.91. The molecule has 27 heavy (non-hydrogen) atoms. The maximum Gasteiger partial charge on any atom is 0.252 e. The van der Waals surface area contributed by atoms with E-state index in [0.717, 1.165) is 56.0 Å². The first-order valence-corrected chi connectivity index (χ1v) is 9.91. The van der Waals surface area contributed by atoms with Gasteiger partial charge in [-0.15, -0.1) is 0 Å². The number of rotatable bonds is 7. The summed E-state index contributed by atoms with van der Waals surface area (Å²) in [6.45, 7) is 7.84. The number of hydrogen-bond donors (Lipinski definition) is 1. The normalized spacial score (nSPS) is 16.3. The van der Waals surface area contributed by atoms with Crippen LogP contribution in [0.5, 0.6) is 5.75 Å². The summed E-state index contributed by atoms with van der Waals surface area (Å²) in [7, 11) is 0. The van der Waals surface area contributed by atoms with Crippen molar-refractivity contribution in [1.29, 1.82) is 0 Å². The van der Waals surface area contributed by atoms with Crippen molar-refractivity contribution in [1.82, 2.24) is 9.88 Å². The highest BCUT2D eigenvalue weighted by Gasteiger charge is 2.18. The van der Waals surface area contributed by atoms with E-state index in [4.69, 9.17) is 4.74 Å². The highest BCUT2D eigenvalue weighted by molar-refractivity contribution is 5.57. The van der Waals surface area contributed by atoms with E-state index in [2.05, 4.69) is 48.0 Å². The second-order valence-electron chi connectivity index (χ2n) is 7.74. The van der Waals surface area contributed by atoms with Gasteiger partial charge in [-0.2, -0.15) is 0 Å². The van der Waals surface area contributed by atoms with Crippen molar-refractivity contribution in [3.63, 3.8) is 0 Å². The molecule has 1 N–H and O–H groups in total. The minimum atomic E-state index is 0.0255. The van der Waals surface area contributed by atoms with Crippen molar-refractivity contribution < 1.29 is 4.74 Å². The number of ether oxygens (including phenoxy) is 1.